The Kier molecular flexibility index (Phi) is 5.83. The Balaban J connectivity index is 2.69. The van der Waals surface area contributed by atoms with Crippen LogP contribution in [0.15, 0.2) is 18.2 Å². The van der Waals surface area contributed by atoms with Crippen LogP contribution in [0.25, 0.3) is 0 Å². The van der Waals surface area contributed by atoms with Crippen molar-refractivity contribution in [2.45, 2.75) is 33.2 Å². The van der Waals surface area contributed by atoms with Gasteiger partial charge >= 0.3 is 0 Å². The van der Waals surface area contributed by atoms with Crippen LogP contribution in [0.3, 0.4) is 0 Å². The molecule has 1 rings (SSSR count). The van der Waals surface area contributed by atoms with E-state index in [1.807, 2.05) is 19.1 Å². The van der Waals surface area contributed by atoms with E-state index in [0.717, 1.165) is 12.0 Å². The van der Waals surface area contributed by atoms with E-state index in [1.165, 1.54) is 0 Å². The number of hydrogen-bond donors (Lipinski definition) is 1. The van der Waals surface area contributed by atoms with Crippen molar-refractivity contribution in [3.8, 4) is 0 Å². The molecule has 0 spiro atoms. The zero-order chi connectivity index (χ0) is 14.6. The van der Waals surface area contributed by atoms with E-state index in [0.29, 0.717) is 23.0 Å². The normalized spacial score (nSPS) is 12.6. The topological polar surface area (TPSA) is 46.3 Å². The number of carbonyl (C=O) groups excluding carboxylic acids is 1. The lowest BCUT2D eigenvalue weighted by Gasteiger charge is -2.22. The van der Waals surface area contributed by atoms with Crippen molar-refractivity contribution in [3.05, 3.63) is 34.3 Å². The van der Waals surface area contributed by atoms with Crippen molar-refractivity contribution >= 4 is 17.5 Å². The minimum Gasteiger partial charge on any atom is -0.342 e. The molecule has 0 fully saturated rings. The Hall–Kier alpha value is -1.06. The average molecular weight is 283 g/mol. The molecule has 4 heteroatoms. The van der Waals surface area contributed by atoms with Gasteiger partial charge in [0.2, 0.25) is 0 Å². The lowest BCUT2D eigenvalue weighted by molar-refractivity contribution is 0.0789. The van der Waals surface area contributed by atoms with E-state index >= 15 is 0 Å². The van der Waals surface area contributed by atoms with E-state index in [4.69, 9.17) is 17.3 Å². The first-order valence-electron chi connectivity index (χ1n) is 6.60. The fraction of sp³-hybridized carbons (Fsp3) is 0.533. The van der Waals surface area contributed by atoms with Crippen LogP contribution in [0, 0.1) is 12.8 Å². The van der Waals surface area contributed by atoms with Gasteiger partial charge in [0, 0.05) is 19.6 Å². The van der Waals surface area contributed by atoms with Gasteiger partial charge in [0.05, 0.1) is 10.6 Å². The predicted molar refractivity (Wildman–Crippen MR) is 80.6 cm³/mol. The number of nitrogens with two attached hydrogens (primary N) is 1. The van der Waals surface area contributed by atoms with Crippen LogP contribution in [-0.4, -0.2) is 30.4 Å². The first-order chi connectivity index (χ1) is 8.84. The maximum atomic E-state index is 12.3. The summed E-state index contributed by atoms with van der Waals surface area (Å²) >= 11 is 6.17. The number of nitrogens with zero attached hydrogens (tertiary/aromatic N) is 1. The molecule has 0 aliphatic rings. The zero-order valence-electron chi connectivity index (χ0n) is 12.1. The highest BCUT2D eigenvalue weighted by molar-refractivity contribution is 6.34. The van der Waals surface area contributed by atoms with Gasteiger partial charge in [0.1, 0.15) is 0 Å². The van der Waals surface area contributed by atoms with Crippen molar-refractivity contribution < 1.29 is 4.79 Å². The summed E-state index contributed by atoms with van der Waals surface area (Å²) in [4.78, 5) is 14.0. The third-order valence-corrected chi connectivity index (χ3v) is 3.92. The Morgan fingerprint density at radius 3 is 2.63 bits per heavy atom. The molecule has 0 aromatic heterocycles. The fourth-order valence-corrected chi connectivity index (χ4v) is 2.00. The van der Waals surface area contributed by atoms with Gasteiger partial charge in [-0.2, -0.15) is 0 Å². The second-order valence-corrected chi connectivity index (χ2v) is 5.74. The van der Waals surface area contributed by atoms with Crippen LogP contribution in [0.1, 0.15) is 36.2 Å². The number of hydrogen-bond acceptors (Lipinski definition) is 2. The molecule has 0 saturated heterocycles. The second-order valence-electron chi connectivity index (χ2n) is 5.36. The third kappa shape index (κ3) is 4.22. The molecule has 2 N–H and O–H groups in total. The van der Waals surface area contributed by atoms with Gasteiger partial charge in [-0.25, -0.2) is 0 Å². The molecule has 106 valence electrons. The van der Waals surface area contributed by atoms with Crippen molar-refractivity contribution in [1.29, 1.82) is 0 Å². The van der Waals surface area contributed by atoms with Crippen molar-refractivity contribution in [2.75, 3.05) is 13.6 Å². The lowest BCUT2D eigenvalue weighted by atomic mass is 10.0. The standard InChI is InChI=1S/C15H23ClN2O/c1-10(2)13(17)8-9-18(4)15(19)12-7-5-6-11(3)14(12)16/h5-7,10,13H,8-9,17H2,1-4H3. The maximum absolute atomic E-state index is 12.3. The number of amides is 1. The second kappa shape index (κ2) is 6.92. The molecule has 0 bridgehead atoms. The summed E-state index contributed by atoms with van der Waals surface area (Å²) in [7, 11) is 1.79. The number of rotatable bonds is 5. The fourth-order valence-electron chi connectivity index (χ4n) is 1.80. The molecule has 0 radical (unpaired) electrons. The Labute approximate surface area is 120 Å². The van der Waals surface area contributed by atoms with Crippen LogP contribution in [-0.2, 0) is 0 Å². The molecule has 0 aliphatic carbocycles. The molecular formula is C15H23ClN2O. The van der Waals surface area contributed by atoms with Gasteiger partial charge in [0.15, 0.2) is 0 Å². The third-order valence-electron chi connectivity index (χ3n) is 3.42. The molecule has 1 aromatic rings. The highest BCUT2D eigenvalue weighted by Gasteiger charge is 2.17. The van der Waals surface area contributed by atoms with E-state index in [1.54, 1.807) is 18.0 Å². The monoisotopic (exact) mass is 282 g/mol. The van der Waals surface area contributed by atoms with Crippen molar-refractivity contribution in [2.24, 2.45) is 11.7 Å². The van der Waals surface area contributed by atoms with E-state index in [2.05, 4.69) is 13.8 Å². The molecule has 0 saturated carbocycles. The Morgan fingerprint density at radius 2 is 2.05 bits per heavy atom. The predicted octanol–water partition coefficient (Wildman–Crippen LogP) is 3.09. The van der Waals surface area contributed by atoms with Gasteiger partial charge in [-0.05, 0) is 30.9 Å². The highest BCUT2D eigenvalue weighted by atomic mass is 35.5. The van der Waals surface area contributed by atoms with E-state index < -0.39 is 0 Å². The molecule has 1 amide bonds. The number of benzene rings is 1. The van der Waals surface area contributed by atoms with Gasteiger partial charge in [-0.15, -0.1) is 0 Å². The maximum Gasteiger partial charge on any atom is 0.255 e. The van der Waals surface area contributed by atoms with Crippen LogP contribution >= 0.6 is 11.6 Å². The summed E-state index contributed by atoms with van der Waals surface area (Å²) in [6.45, 7) is 6.71. The minimum absolute atomic E-state index is 0.0512. The van der Waals surface area contributed by atoms with Crippen molar-refractivity contribution in [3.63, 3.8) is 0 Å². The summed E-state index contributed by atoms with van der Waals surface area (Å²) < 4.78 is 0. The molecule has 0 heterocycles. The summed E-state index contributed by atoms with van der Waals surface area (Å²) in [6, 6.07) is 5.62. The molecular weight excluding hydrogens is 260 g/mol. The molecule has 1 aromatic carbocycles. The van der Waals surface area contributed by atoms with Gasteiger partial charge < -0.3 is 10.6 Å². The molecule has 1 atom stereocenters. The van der Waals surface area contributed by atoms with Crippen LogP contribution in [0.5, 0.6) is 0 Å². The summed E-state index contributed by atoms with van der Waals surface area (Å²) in [6.07, 6.45) is 0.795. The van der Waals surface area contributed by atoms with E-state index in [9.17, 15) is 4.79 Å². The summed E-state index contributed by atoms with van der Waals surface area (Å²) in [5.41, 5.74) is 7.47. The lowest BCUT2D eigenvalue weighted by Crippen LogP contribution is -2.34. The molecule has 19 heavy (non-hydrogen) atoms. The Morgan fingerprint density at radius 1 is 1.42 bits per heavy atom. The minimum atomic E-state index is -0.0512. The van der Waals surface area contributed by atoms with Gasteiger partial charge in [-0.3, -0.25) is 4.79 Å². The molecule has 3 nitrogen and oxygen atoms in total. The number of halogens is 1. The van der Waals surface area contributed by atoms with Crippen LogP contribution < -0.4 is 5.73 Å². The van der Waals surface area contributed by atoms with E-state index in [-0.39, 0.29) is 11.9 Å². The van der Waals surface area contributed by atoms with Crippen LogP contribution in [0.2, 0.25) is 5.02 Å². The summed E-state index contributed by atoms with van der Waals surface area (Å²) in [5.74, 6) is 0.371. The van der Waals surface area contributed by atoms with Crippen LogP contribution in [0.4, 0.5) is 0 Å². The van der Waals surface area contributed by atoms with Gasteiger partial charge in [0.25, 0.3) is 5.91 Å². The number of aryl methyl sites for hydroxylation is 1. The average Bonchev–Trinajstić information content (AvgIpc) is 2.37. The first-order valence-corrected chi connectivity index (χ1v) is 6.98. The van der Waals surface area contributed by atoms with Crippen molar-refractivity contribution in [1.82, 2.24) is 4.90 Å². The Bertz CT molecular complexity index is 446. The quantitative estimate of drug-likeness (QED) is 0.902. The smallest absolute Gasteiger partial charge is 0.255 e. The largest absolute Gasteiger partial charge is 0.342 e. The zero-order valence-corrected chi connectivity index (χ0v) is 12.9. The SMILES string of the molecule is Cc1cccc(C(=O)N(C)CCC(N)C(C)C)c1Cl. The summed E-state index contributed by atoms with van der Waals surface area (Å²) in [5, 5.41) is 0.535. The molecule has 0 aliphatic heterocycles. The molecule has 1 unspecified atom stereocenters. The first kappa shape index (κ1) is 16.0. The number of carbonyl (C=O) groups is 1. The van der Waals surface area contributed by atoms with Gasteiger partial charge in [-0.1, -0.05) is 37.6 Å². The highest BCUT2D eigenvalue weighted by Crippen LogP contribution is 2.21.